The van der Waals surface area contributed by atoms with Crippen LogP contribution < -0.4 is 4.72 Å². The van der Waals surface area contributed by atoms with Crippen LogP contribution in [0.5, 0.6) is 0 Å². The monoisotopic (exact) mass is 399 g/mol. The smallest absolute Gasteiger partial charge is 0.294 e. The molecule has 23 heavy (non-hydrogen) atoms. The highest BCUT2D eigenvalue weighted by atomic mass is 35.5. The number of hydrogen-bond donors (Lipinski definition) is 1. The van der Waals surface area contributed by atoms with Gasteiger partial charge in [0.2, 0.25) is 0 Å². The third-order valence-corrected chi connectivity index (χ3v) is 5.59. The number of rotatable bonds is 3. The maximum atomic E-state index is 12.1. The average Bonchev–Trinajstić information content (AvgIpc) is 2.99. The Morgan fingerprint density at radius 1 is 1.39 bits per heavy atom. The van der Waals surface area contributed by atoms with Gasteiger partial charge < -0.3 is 0 Å². The first-order chi connectivity index (χ1) is 10.8. The molecule has 0 atom stereocenters. The van der Waals surface area contributed by atoms with Crippen molar-refractivity contribution in [3.8, 4) is 0 Å². The third kappa shape index (κ3) is 3.37. The van der Waals surface area contributed by atoms with E-state index < -0.39 is 17.8 Å². The van der Waals surface area contributed by atoms with E-state index in [0.717, 1.165) is 4.70 Å². The van der Waals surface area contributed by atoms with Gasteiger partial charge in [0.15, 0.2) is 4.96 Å². The molecule has 3 rings (SSSR count). The fourth-order valence-corrected chi connectivity index (χ4v) is 3.86. The highest BCUT2D eigenvalue weighted by Gasteiger charge is 2.28. The molecule has 0 aliphatic rings. The van der Waals surface area contributed by atoms with E-state index in [9.17, 15) is 18.0 Å². The molecular weight excluding hydrogens is 394 g/mol. The summed E-state index contributed by atoms with van der Waals surface area (Å²) < 4.78 is 40.7. The molecule has 0 radical (unpaired) electrons. The van der Waals surface area contributed by atoms with Crippen LogP contribution in [0.4, 0.5) is 13.2 Å². The fraction of sp³-hybridized carbons (Fsp3) is 0.167. The molecule has 11 heteroatoms. The number of hydrogen-bond acceptors (Lipinski definition) is 4. The molecular formula is C12H6Cl2F3N3OS2. The van der Waals surface area contributed by atoms with E-state index in [-0.39, 0.29) is 17.6 Å². The second-order valence-electron chi connectivity index (χ2n) is 4.43. The van der Waals surface area contributed by atoms with Crippen molar-refractivity contribution in [2.75, 3.05) is 5.75 Å². The van der Waals surface area contributed by atoms with Gasteiger partial charge in [-0.05, 0) is 24.1 Å². The summed E-state index contributed by atoms with van der Waals surface area (Å²) in [5, 5.41) is 0.802. The SMILES string of the molecule is O=C(NSCC(F)(F)F)c1cn2c(n1)sc1c(Cl)c(Cl)ccc12. The average molecular weight is 400 g/mol. The van der Waals surface area contributed by atoms with Crippen LogP contribution in [0, 0.1) is 0 Å². The van der Waals surface area contributed by atoms with Gasteiger partial charge in [0.05, 0.1) is 20.3 Å². The van der Waals surface area contributed by atoms with Crippen LogP contribution in [0.3, 0.4) is 0 Å². The Morgan fingerprint density at radius 3 is 2.83 bits per heavy atom. The number of alkyl halides is 3. The van der Waals surface area contributed by atoms with Crippen molar-refractivity contribution in [2.45, 2.75) is 6.18 Å². The predicted octanol–water partition coefficient (Wildman–Crippen LogP) is 4.80. The fourth-order valence-electron chi connectivity index (χ4n) is 1.85. The Bertz CT molecular complexity index is 906. The highest BCUT2D eigenvalue weighted by Crippen LogP contribution is 2.36. The van der Waals surface area contributed by atoms with Crippen LogP contribution in [0.15, 0.2) is 18.3 Å². The van der Waals surface area contributed by atoms with Crippen molar-refractivity contribution in [1.29, 1.82) is 0 Å². The van der Waals surface area contributed by atoms with Crippen LogP contribution in [-0.2, 0) is 0 Å². The maximum absolute atomic E-state index is 12.1. The van der Waals surface area contributed by atoms with Crippen LogP contribution in [-0.4, -0.2) is 27.2 Å². The van der Waals surface area contributed by atoms with Gasteiger partial charge in [-0.15, -0.1) is 0 Å². The van der Waals surface area contributed by atoms with E-state index in [1.54, 1.807) is 16.5 Å². The lowest BCUT2D eigenvalue weighted by molar-refractivity contribution is -0.105. The minimum atomic E-state index is -4.35. The number of halogens is 5. The Kier molecular flexibility index (Phi) is 4.39. The zero-order valence-electron chi connectivity index (χ0n) is 10.9. The summed E-state index contributed by atoms with van der Waals surface area (Å²) in [6.07, 6.45) is -2.90. The quantitative estimate of drug-likeness (QED) is 0.643. The second kappa shape index (κ2) is 6.04. The molecule has 0 saturated carbocycles. The van der Waals surface area contributed by atoms with Gasteiger partial charge in [-0.25, -0.2) is 4.98 Å². The number of nitrogens with one attached hydrogen (secondary N) is 1. The van der Waals surface area contributed by atoms with Crippen molar-refractivity contribution >= 4 is 67.6 Å². The summed E-state index contributed by atoms with van der Waals surface area (Å²) in [6.45, 7) is 0. The van der Waals surface area contributed by atoms with Crippen LogP contribution >= 0.6 is 46.5 Å². The first kappa shape index (κ1) is 16.7. The van der Waals surface area contributed by atoms with Crippen LogP contribution in [0.1, 0.15) is 10.5 Å². The Balaban J connectivity index is 1.86. The molecule has 0 bridgehead atoms. The van der Waals surface area contributed by atoms with Crippen LogP contribution in [0.25, 0.3) is 15.2 Å². The lowest BCUT2D eigenvalue weighted by Gasteiger charge is -2.05. The van der Waals surface area contributed by atoms with Gasteiger partial charge in [0.1, 0.15) is 11.4 Å². The number of carbonyl (C=O) groups excluding carboxylic acids is 1. The van der Waals surface area contributed by atoms with Crippen molar-refractivity contribution in [1.82, 2.24) is 14.1 Å². The molecule has 0 unspecified atom stereocenters. The summed E-state index contributed by atoms with van der Waals surface area (Å²) in [6, 6.07) is 3.35. The van der Waals surface area contributed by atoms with Gasteiger partial charge >= 0.3 is 6.18 Å². The molecule has 2 aromatic heterocycles. The lowest BCUT2D eigenvalue weighted by atomic mass is 10.3. The van der Waals surface area contributed by atoms with Gasteiger partial charge in [-0.3, -0.25) is 13.9 Å². The molecule has 1 aromatic carbocycles. The Labute approximate surface area is 145 Å². The summed E-state index contributed by atoms with van der Waals surface area (Å²) >= 11 is 13.6. The topological polar surface area (TPSA) is 46.4 Å². The number of imidazole rings is 1. The van der Waals surface area contributed by atoms with E-state index in [4.69, 9.17) is 23.2 Å². The summed E-state index contributed by atoms with van der Waals surface area (Å²) in [4.78, 5) is 16.4. The maximum Gasteiger partial charge on any atom is 0.399 e. The molecule has 1 amide bonds. The molecule has 1 N–H and O–H groups in total. The second-order valence-corrected chi connectivity index (χ2v) is 6.97. The molecule has 0 aliphatic carbocycles. The third-order valence-electron chi connectivity index (χ3n) is 2.79. The Hall–Kier alpha value is -1.16. The zero-order chi connectivity index (χ0) is 16.8. The molecule has 2 heterocycles. The number of thiazole rings is 1. The number of fused-ring (bicyclic) bond motifs is 3. The van der Waals surface area contributed by atoms with E-state index in [1.807, 2.05) is 0 Å². The standard InChI is InChI=1S/C12H6Cl2F3N3OS2/c13-5-1-2-7-9(8(5)14)23-11-18-6(3-20(7)11)10(21)19-22-4-12(15,16)17/h1-3H,4H2,(H,19,21). The molecule has 0 saturated heterocycles. The van der Waals surface area contributed by atoms with Gasteiger partial charge in [-0.1, -0.05) is 34.5 Å². The lowest BCUT2D eigenvalue weighted by Crippen LogP contribution is -2.21. The van der Waals surface area contributed by atoms with E-state index in [0.29, 0.717) is 20.5 Å². The number of nitrogens with zero attached hydrogens (tertiary/aromatic N) is 2. The van der Waals surface area contributed by atoms with Crippen molar-refractivity contribution < 1.29 is 18.0 Å². The first-order valence-corrected chi connectivity index (χ1v) is 8.56. The minimum Gasteiger partial charge on any atom is -0.294 e. The van der Waals surface area contributed by atoms with Gasteiger partial charge in [-0.2, -0.15) is 13.2 Å². The van der Waals surface area contributed by atoms with Crippen molar-refractivity contribution in [3.63, 3.8) is 0 Å². The van der Waals surface area contributed by atoms with Crippen molar-refractivity contribution in [3.05, 3.63) is 34.1 Å². The van der Waals surface area contributed by atoms with Gasteiger partial charge in [0, 0.05) is 6.20 Å². The normalized spacial score (nSPS) is 12.2. The molecule has 3 aromatic rings. The minimum absolute atomic E-state index is 0.0268. The van der Waals surface area contributed by atoms with Gasteiger partial charge in [0.25, 0.3) is 5.91 Å². The molecule has 122 valence electrons. The number of amides is 1. The predicted molar refractivity (Wildman–Crippen MR) is 86.6 cm³/mol. The molecule has 0 aliphatic heterocycles. The van der Waals surface area contributed by atoms with E-state index in [2.05, 4.69) is 9.71 Å². The molecule has 0 fully saturated rings. The summed E-state index contributed by atoms with van der Waals surface area (Å²) in [5.41, 5.74) is 0.743. The highest BCUT2D eigenvalue weighted by molar-refractivity contribution is 7.98. The largest absolute Gasteiger partial charge is 0.399 e. The summed E-state index contributed by atoms with van der Waals surface area (Å²) in [5.74, 6) is -1.86. The number of benzene rings is 1. The number of carbonyl (C=O) groups is 1. The summed E-state index contributed by atoms with van der Waals surface area (Å²) in [7, 11) is 0. The molecule has 4 nitrogen and oxygen atoms in total. The van der Waals surface area contributed by atoms with Crippen LogP contribution in [0.2, 0.25) is 10.0 Å². The number of aromatic nitrogens is 2. The zero-order valence-corrected chi connectivity index (χ0v) is 14.1. The molecule has 0 spiro atoms. The van der Waals surface area contributed by atoms with E-state index in [1.165, 1.54) is 17.5 Å². The Morgan fingerprint density at radius 2 is 2.13 bits per heavy atom. The van der Waals surface area contributed by atoms with Crippen molar-refractivity contribution in [2.24, 2.45) is 0 Å². The van der Waals surface area contributed by atoms with E-state index >= 15 is 0 Å². The first-order valence-electron chi connectivity index (χ1n) is 6.01.